The number of para-hydroxylation sites is 4. The molecular formula is C34H30N2O6. The lowest BCUT2D eigenvalue weighted by Gasteiger charge is -2.28. The van der Waals surface area contributed by atoms with Crippen molar-refractivity contribution in [1.82, 2.24) is 9.13 Å². The molecule has 0 aliphatic heterocycles. The second kappa shape index (κ2) is 8.66. The first kappa shape index (κ1) is 24.4. The van der Waals surface area contributed by atoms with Crippen LogP contribution in [0.25, 0.3) is 22.2 Å². The lowest BCUT2D eigenvalue weighted by molar-refractivity contribution is 0.0859. The number of hydrogen-bond acceptors (Lipinski definition) is 6. The zero-order valence-electron chi connectivity index (χ0n) is 22.9. The summed E-state index contributed by atoms with van der Waals surface area (Å²) in [5.41, 5.74) is 2.16. The van der Waals surface area contributed by atoms with Gasteiger partial charge in [-0.15, -0.1) is 0 Å². The number of fused-ring (bicyclic) bond motifs is 4. The number of carbonyl (C=O) groups is 2. The van der Waals surface area contributed by atoms with Crippen LogP contribution in [0.5, 0.6) is 0 Å². The zero-order chi connectivity index (χ0) is 28.3. The van der Waals surface area contributed by atoms with Gasteiger partial charge in [0.1, 0.15) is 0 Å². The number of oxazole rings is 2. The summed E-state index contributed by atoms with van der Waals surface area (Å²) in [6.45, 7) is 0. The Bertz CT molecular complexity index is 1790. The van der Waals surface area contributed by atoms with Crippen molar-refractivity contribution >= 4 is 34.0 Å². The number of benzene rings is 2. The van der Waals surface area contributed by atoms with Gasteiger partial charge in [0.25, 0.3) is 0 Å². The molecule has 0 saturated heterocycles. The molecule has 4 fully saturated rings. The summed E-state index contributed by atoms with van der Waals surface area (Å²) in [5.74, 6) is 2.66. The topological polar surface area (TPSA) is 104 Å². The van der Waals surface area contributed by atoms with Crippen LogP contribution in [0.2, 0.25) is 0 Å². The van der Waals surface area contributed by atoms with E-state index in [1.165, 1.54) is 34.8 Å². The maximum Gasteiger partial charge on any atom is 0.426 e. The van der Waals surface area contributed by atoms with E-state index >= 15 is 0 Å². The number of rotatable bonds is 2. The van der Waals surface area contributed by atoms with Crippen molar-refractivity contribution in [2.24, 2.45) is 59.2 Å². The fourth-order valence-corrected chi connectivity index (χ4v) is 9.24. The van der Waals surface area contributed by atoms with Gasteiger partial charge < -0.3 is 8.83 Å². The quantitative estimate of drug-likeness (QED) is 0.304. The first-order valence-electron chi connectivity index (χ1n) is 15.2. The maximum absolute atomic E-state index is 12.9. The van der Waals surface area contributed by atoms with E-state index in [4.69, 9.17) is 8.83 Å². The average Bonchev–Trinajstić information content (AvgIpc) is 3.91. The van der Waals surface area contributed by atoms with E-state index in [9.17, 15) is 19.2 Å². The molecule has 8 nitrogen and oxygen atoms in total. The van der Waals surface area contributed by atoms with Crippen LogP contribution in [-0.4, -0.2) is 20.9 Å². The van der Waals surface area contributed by atoms with E-state index in [0.29, 0.717) is 69.5 Å². The van der Waals surface area contributed by atoms with E-state index < -0.39 is 11.5 Å². The first-order valence-corrected chi connectivity index (χ1v) is 15.2. The Morgan fingerprint density at radius 2 is 0.881 bits per heavy atom. The third-order valence-corrected chi connectivity index (χ3v) is 11.1. The standard InChI is InChI=1S/2C17H15NO3/c2*19-16(15-13-9-5-6-10(8-7-9)14(13)15)18-11-3-1-2-4-12(11)21-17(18)20/h2*1-6,9-10,13-15H,7-8H2/t2*9-,10+,13-,14+,15?. The summed E-state index contributed by atoms with van der Waals surface area (Å²) in [4.78, 5) is 49.8. The normalized spacial score (nSPS) is 35.9. The lowest BCUT2D eigenvalue weighted by Crippen LogP contribution is -2.25. The molecule has 0 amide bonds. The van der Waals surface area contributed by atoms with Crippen LogP contribution in [0.4, 0.5) is 0 Å². The summed E-state index contributed by atoms with van der Waals surface area (Å²) in [5, 5.41) is 0. The molecule has 8 heteroatoms. The highest BCUT2D eigenvalue weighted by molar-refractivity contribution is 5.93. The molecule has 2 aromatic heterocycles. The minimum Gasteiger partial charge on any atom is -0.407 e. The smallest absolute Gasteiger partial charge is 0.407 e. The van der Waals surface area contributed by atoms with E-state index in [1.54, 1.807) is 36.4 Å². The lowest BCUT2D eigenvalue weighted by atomic mass is 9.76. The van der Waals surface area contributed by atoms with Crippen LogP contribution >= 0.6 is 0 Å². The largest absolute Gasteiger partial charge is 0.426 e. The number of carbonyl (C=O) groups excluding carboxylic acids is 2. The van der Waals surface area contributed by atoms with Crippen LogP contribution in [0.3, 0.4) is 0 Å². The van der Waals surface area contributed by atoms with Crippen LogP contribution < -0.4 is 11.5 Å². The number of nitrogens with zero attached hydrogens (tertiary/aromatic N) is 2. The summed E-state index contributed by atoms with van der Waals surface area (Å²) >= 11 is 0. The highest BCUT2D eigenvalue weighted by Gasteiger charge is 2.64. The second-order valence-electron chi connectivity index (χ2n) is 13.0. The van der Waals surface area contributed by atoms with Gasteiger partial charge in [-0.3, -0.25) is 9.59 Å². The van der Waals surface area contributed by atoms with Gasteiger partial charge in [-0.1, -0.05) is 48.6 Å². The van der Waals surface area contributed by atoms with Gasteiger partial charge in [-0.25, -0.2) is 18.7 Å². The predicted molar refractivity (Wildman–Crippen MR) is 154 cm³/mol. The minimum atomic E-state index is -0.551. The van der Waals surface area contributed by atoms with E-state index in [-0.39, 0.29) is 23.7 Å². The van der Waals surface area contributed by atoms with Gasteiger partial charge in [0.15, 0.2) is 11.2 Å². The number of aromatic nitrogens is 2. The maximum atomic E-state index is 12.9. The van der Waals surface area contributed by atoms with Gasteiger partial charge in [-0.05, 0) is 97.3 Å². The predicted octanol–water partition coefficient (Wildman–Crippen LogP) is 5.39. The molecule has 0 spiro atoms. The Hall–Kier alpha value is -4.20. The Kier molecular flexibility index (Phi) is 5.03. The molecule has 4 bridgehead atoms. The minimum absolute atomic E-state index is 0.00351. The van der Waals surface area contributed by atoms with Crippen molar-refractivity contribution in [2.75, 3.05) is 0 Å². The molecule has 42 heavy (non-hydrogen) atoms. The van der Waals surface area contributed by atoms with Gasteiger partial charge in [0.2, 0.25) is 11.8 Å². The van der Waals surface area contributed by atoms with Crippen LogP contribution in [0, 0.1) is 59.2 Å². The SMILES string of the molecule is O=C(C1[C@@H]2[C@H]1[C@@H]1C=C[C@H]2CC1)n1c(=O)oc2ccccc21.O=C(C1[C@@H]2[C@H]1[C@@H]1C=C[C@H]2CC1)n1c(=O)oc2ccccc21. The summed E-state index contributed by atoms with van der Waals surface area (Å²) in [6, 6.07) is 14.3. The second-order valence-corrected chi connectivity index (χ2v) is 13.0. The molecule has 12 rings (SSSR count). The van der Waals surface area contributed by atoms with Crippen molar-refractivity contribution in [3.05, 3.63) is 93.9 Å². The molecule has 0 N–H and O–H groups in total. The van der Waals surface area contributed by atoms with Crippen molar-refractivity contribution < 1.29 is 18.4 Å². The van der Waals surface area contributed by atoms with Gasteiger partial charge in [-0.2, -0.15) is 0 Å². The molecule has 2 aromatic carbocycles. The third-order valence-electron chi connectivity index (χ3n) is 11.1. The molecule has 8 aliphatic rings. The molecule has 4 saturated carbocycles. The fraction of sp³-hybridized carbons (Fsp3) is 0.412. The van der Waals surface area contributed by atoms with Gasteiger partial charge in [0.05, 0.1) is 11.0 Å². The molecule has 2 unspecified atom stereocenters. The first-order chi connectivity index (χ1) is 20.5. The Morgan fingerprint density at radius 3 is 1.21 bits per heavy atom. The average molecular weight is 563 g/mol. The number of allylic oxidation sites excluding steroid dienone is 4. The van der Waals surface area contributed by atoms with Gasteiger partial charge in [0, 0.05) is 11.8 Å². The highest BCUT2D eigenvalue weighted by Crippen LogP contribution is 2.65. The van der Waals surface area contributed by atoms with Crippen LogP contribution in [-0.2, 0) is 0 Å². The zero-order valence-corrected chi connectivity index (χ0v) is 22.9. The van der Waals surface area contributed by atoms with Crippen molar-refractivity contribution in [2.45, 2.75) is 25.7 Å². The van der Waals surface area contributed by atoms with E-state index in [2.05, 4.69) is 24.3 Å². The summed E-state index contributed by atoms with van der Waals surface area (Å²) in [7, 11) is 0. The van der Waals surface area contributed by atoms with E-state index in [0.717, 1.165) is 0 Å². The van der Waals surface area contributed by atoms with Gasteiger partial charge >= 0.3 is 11.5 Å². The molecule has 0 radical (unpaired) electrons. The molecular weight excluding hydrogens is 532 g/mol. The summed E-state index contributed by atoms with van der Waals surface area (Å²) in [6.07, 6.45) is 13.9. The summed E-state index contributed by atoms with van der Waals surface area (Å²) < 4.78 is 12.9. The molecule has 10 atom stereocenters. The third kappa shape index (κ3) is 3.35. The van der Waals surface area contributed by atoms with Crippen LogP contribution in [0.1, 0.15) is 35.3 Å². The van der Waals surface area contributed by atoms with Crippen molar-refractivity contribution in [1.29, 1.82) is 0 Å². The fourth-order valence-electron chi connectivity index (χ4n) is 9.24. The Balaban J connectivity index is 0.000000119. The molecule has 8 aliphatic carbocycles. The van der Waals surface area contributed by atoms with Crippen LogP contribution in [0.15, 0.2) is 91.3 Å². The molecule has 4 aromatic rings. The monoisotopic (exact) mass is 562 g/mol. The Morgan fingerprint density at radius 1 is 0.548 bits per heavy atom. The highest BCUT2D eigenvalue weighted by atomic mass is 16.4. The van der Waals surface area contributed by atoms with E-state index in [1.807, 2.05) is 12.1 Å². The Labute approximate surface area is 240 Å². The van der Waals surface area contributed by atoms with Crippen molar-refractivity contribution in [3.8, 4) is 0 Å². The van der Waals surface area contributed by atoms with Crippen molar-refractivity contribution in [3.63, 3.8) is 0 Å². The molecule has 2 heterocycles. The number of hydrogen-bond donors (Lipinski definition) is 0. The molecule has 212 valence electrons.